The Morgan fingerprint density at radius 2 is 1.80 bits per heavy atom. The van der Waals surface area contributed by atoms with Crippen LogP contribution in [0.2, 0.25) is 0 Å². The van der Waals surface area contributed by atoms with E-state index < -0.39 is 4.92 Å². The fourth-order valence-electron chi connectivity index (χ4n) is 2.78. The maximum absolute atomic E-state index is 12.3. The Balaban J connectivity index is 1.59. The molecule has 0 radical (unpaired) electrons. The first-order valence-corrected chi connectivity index (χ1v) is 7.88. The third kappa shape index (κ3) is 3.79. The SMILES string of the molecule is O=C(Nc1cccc([N+](=O)[O-])c1)N1CCN(c2ccccc2O)CC1. The average Bonchev–Trinajstić information content (AvgIpc) is 2.62. The normalized spacial score (nSPS) is 14.2. The van der Waals surface area contributed by atoms with Crippen LogP contribution in [0.1, 0.15) is 0 Å². The van der Waals surface area contributed by atoms with Gasteiger partial charge in [0.1, 0.15) is 5.75 Å². The van der Waals surface area contributed by atoms with Gasteiger partial charge in [-0.1, -0.05) is 18.2 Å². The van der Waals surface area contributed by atoms with Crippen molar-refractivity contribution < 1.29 is 14.8 Å². The summed E-state index contributed by atoms with van der Waals surface area (Å²) < 4.78 is 0. The highest BCUT2D eigenvalue weighted by atomic mass is 16.6. The van der Waals surface area contributed by atoms with Crippen LogP contribution in [0.5, 0.6) is 5.75 Å². The number of non-ortho nitro benzene ring substituents is 1. The summed E-state index contributed by atoms with van der Waals surface area (Å²) in [6.07, 6.45) is 0. The average molecular weight is 342 g/mol. The van der Waals surface area contributed by atoms with Crippen molar-refractivity contribution in [3.8, 4) is 5.75 Å². The first kappa shape index (κ1) is 16.6. The highest BCUT2D eigenvalue weighted by Gasteiger charge is 2.22. The molecule has 2 N–H and O–H groups in total. The van der Waals surface area contributed by atoms with Crippen molar-refractivity contribution in [1.82, 2.24) is 4.90 Å². The zero-order valence-electron chi connectivity index (χ0n) is 13.5. The number of rotatable bonds is 3. The number of nitrogens with zero attached hydrogens (tertiary/aromatic N) is 3. The van der Waals surface area contributed by atoms with Crippen LogP contribution in [-0.4, -0.2) is 47.1 Å². The lowest BCUT2D eigenvalue weighted by atomic mass is 10.2. The maximum Gasteiger partial charge on any atom is 0.321 e. The summed E-state index contributed by atoms with van der Waals surface area (Å²) >= 11 is 0. The Bertz CT molecular complexity index is 788. The van der Waals surface area contributed by atoms with E-state index in [1.807, 2.05) is 17.0 Å². The van der Waals surface area contributed by atoms with E-state index in [9.17, 15) is 20.0 Å². The number of carbonyl (C=O) groups excluding carboxylic acids is 1. The summed E-state index contributed by atoms with van der Waals surface area (Å²) in [5, 5.41) is 23.4. The number of phenols is 1. The second kappa shape index (κ2) is 7.08. The number of anilines is 2. The van der Waals surface area contributed by atoms with E-state index in [1.54, 1.807) is 23.1 Å². The fourth-order valence-corrected chi connectivity index (χ4v) is 2.78. The van der Waals surface area contributed by atoms with Gasteiger partial charge >= 0.3 is 6.03 Å². The van der Waals surface area contributed by atoms with Crippen LogP contribution >= 0.6 is 0 Å². The van der Waals surface area contributed by atoms with Gasteiger partial charge in [-0.25, -0.2) is 4.79 Å². The number of nitro groups is 1. The molecule has 0 spiro atoms. The number of aromatic hydroxyl groups is 1. The van der Waals surface area contributed by atoms with Crippen LogP contribution in [0.3, 0.4) is 0 Å². The Kier molecular flexibility index (Phi) is 4.69. The molecular weight excluding hydrogens is 324 g/mol. The molecule has 3 rings (SSSR count). The number of amides is 2. The van der Waals surface area contributed by atoms with Gasteiger partial charge in [0.05, 0.1) is 10.6 Å². The first-order valence-electron chi connectivity index (χ1n) is 7.88. The van der Waals surface area contributed by atoms with Gasteiger partial charge in [0.25, 0.3) is 5.69 Å². The van der Waals surface area contributed by atoms with E-state index >= 15 is 0 Å². The Hall–Kier alpha value is -3.29. The number of urea groups is 1. The van der Waals surface area contributed by atoms with Crippen LogP contribution in [0, 0.1) is 10.1 Å². The van der Waals surface area contributed by atoms with Crippen molar-refractivity contribution in [2.75, 3.05) is 36.4 Å². The lowest BCUT2D eigenvalue weighted by molar-refractivity contribution is -0.384. The molecule has 1 aliphatic heterocycles. The van der Waals surface area contributed by atoms with E-state index in [-0.39, 0.29) is 17.5 Å². The lowest BCUT2D eigenvalue weighted by Crippen LogP contribution is -2.50. The Morgan fingerprint density at radius 3 is 2.48 bits per heavy atom. The molecule has 0 saturated carbocycles. The predicted molar refractivity (Wildman–Crippen MR) is 94.0 cm³/mol. The van der Waals surface area contributed by atoms with E-state index in [1.165, 1.54) is 18.2 Å². The summed E-state index contributed by atoms with van der Waals surface area (Å²) in [6.45, 7) is 2.18. The topological polar surface area (TPSA) is 98.9 Å². The van der Waals surface area contributed by atoms with E-state index in [0.29, 0.717) is 31.9 Å². The predicted octanol–water partition coefficient (Wildman–Crippen LogP) is 2.65. The second-order valence-electron chi connectivity index (χ2n) is 5.70. The molecule has 1 saturated heterocycles. The van der Waals surface area contributed by atoms with Gasteiger partial charge in [0, 0.05) is 44.0 Å². The van der Waals surface area contributed by atoms with Gasteiger partial charge in [-0.2, -0.15) is 0 Å². The molecule has 0 bridgehead atoms. The Morgan fingerprint density at radius 1 is 1.08 bits per heavy atom. The highest BCUT2D eigenvalue weighted by molar-refractivity contribution is 5.89. The van der Waals surface area contributed by atoms with Crippen LogP contribution in [-0.2, 0) is 0 Å². The number of para-hydroxylation sites is 2. The van der Waals surface area contributed by atoms with Gasteiger partial charge in [0.15, 0.2) is 0 Å². The molecule has 0 atom stereocenters. The molecule has 1 heterocycles. The molecular formula is C17H18N4O4. The molecule has 0 unspecified atom stereocenters. The molecule has 8 nitrogen and oxygen atoms in total. The van der Waals surface area contributed by atoms with Crippen molar-refractivity contribution in [2.45, 2.75) is 0 Å². The van der Waals surface area contributed by atoms with Crippen LogP contribution in [0.4, 0.5) is 21.9 Å². The van der Waals surface area contributed by atoms with E-state index in [4.69, 9.17) is 0 Å². The largest absolute Gasteiger partial charge is 0.506 e. The van der Waals surface area contributed by atoms with Crippen molar-refractivity contribution in [2.24, 2.45) is 0 Å². The van der Waals surface area contributed by atoms with E-state index in [0.717, 1.165) is 5.69 Å². The van der Waals surface area contributed by atoms with E-state index in [2.05, 4.69) is 5.32 Å². The molecule has 0 aromatic heterocycles. The number of nitrogens with one attached hydrogen (secondary N) is 1. The number of carbonyl (C=O) groups is 1. The number of phenolic OH excluding ortho intramolecular Hbond substituents is 1. The standard InChI is InChI=1S/C17H18N4O4/c22-16-7-2-1-6-15(16)19-8-10-20(11-9-19)17(23)18-13-4-3-5-14(12-13)21(24)25/h1-7,12,22H,8-11H2,(H,18,23). The summed E-state index contributed by atoms with van der Waals surface area (Å²) in [4.78, 5) is 26.3. The number of hydrogen-bond donors (Lipinski definition) is 2. The zero-order chi connectivity index (χ0) is 17.8. The molecule has 1 fully saturated rings. The minimum Gasteiger partial charge on any atom is -0.506 e. The molecule has 0 aliphatic carbocycles. The Labute approximate surface area is 144 Å². The zero-order valence-corrected chi connectivity index (χ0v) is 13.5. The second-order valence-corrected chi connectivity index (χ2v) is 5.70. The lowest BCUT2D eigenvalue weighted by Gasteiger charge is -2.36. The van der Waals surface area contributed by atoms with Crippen LogP contribution in [0.15, 0.2) is 48.5 Å². The van der Waals surface area contributed by atoms with Crippen LogP contribution < -0.4 is 10.2 Å². The van der Waals surface area contributed by atoms with Gasteiger partial charge < -0.3 is 20.2 Å². The minimum atomic E-state index is -0.499. The quantitative estimate of drug-likeness (QED) is 0.660. The molecule has 1 aliphatic rings. The molecule has 25 heavy (non-hydrogen) atoms. The summed E-state index contributed by atoms with van der Waals surface area (Å²) in [7, 11) is 0. The first-order chi connectivity index (χ1) is 12.0. The van der Waals surface area contributed by atoms with Crippen molar-refractivity contribution >= 4 is 23.1 Å². The monoisotopic (exact) mass is 342 g/mol. The van der Waals surface area contributed by atoms with Gasteiger partial charge in [-0.05, 0) is 18.2 Å². The number of benzene rings is 2. The molecule has 130 valence electrons. The maximum atomic E-state index is 12.3. The summed E-state index contributed by atoms with van der Waals surface area (Å²) in [5.74, 6) is 0.219. The number of nitro benzene ring substituents is 1. The number of piperazine rings is 1. The molecule has 2 amide bonds. The third-order valence-corrected chi connectivity index (χ3v) is 4.10. The van der Waals surface area contributed by atoms with Crippen molar-refractivity contribution in [1.29, 1.82) is 0 Å². The minimum absolute atomic E-state index is 0.0674. The molecule has 2 aromatic rings. The fraction of sp³-hybridized carbons (Fsp3) is 0.235. The van der Waals surface area contributed by atoms with Crippen LogP contribution in [0.25, 0.3) is 0 Å². The van der Waals surface area contributed by atoms with Crippen molar-refractivity contribution in [3.05, 3.63) is 58.6 Å². The van der Waals surface area contributed by atoms with Crippen molar-refractivity contribution in [3.63, 3.8) is 0 Å². The molecule has 2 aromatic carbocycles. The number of hydrogen-bond acceptors (Lipinski definition) is 5. The third-order valence-electron chi connectivity index (χ3n) is 4.10. The highest BCUT2D eigenvalue weighted by Crippen LogP contribution is 2.27. The molecule has 8 heteroatoms. The smallest absolute Gasteiger partial charge is 0.321 e. The van der Waals surface area contributed by atoms with Gasteiger partial charge in [-0.15, -0.1) is 0 Å². The summed E-state index contributed by atoms with van der Waals surface area (Å²) in [6, 6.07) is 12.7. The van der Waals surface area contributed by atoms with Gasteiger partial charge in [-0.3, -0.25) is 10.1 Å². The van der Waals surface area contributed by atoms with Gasteiger partial charge in [0.2, 0.25) is 0 Å². The summed E-state index contributed by atoms with van der Waals surface area (Å²) in [5.41, 5.74) is 1.07.